The quantitative estimate of drug-likeness (QED) is 0.0320. The summed E-state index contributed by atoms with van der Waals surface area (Å²) in [6.45, 7) is 4.91. The summed E-state index contributed by atoms with van der Waals surface area (Å²) in [5.74, 6) is -0.0295. The largest absolute Gasteiger partial charge is 0.466 e. The molecule has 1 amide bonds. The fourth-order valence-electron chi connectivity index (χ4n) is 10.1. The summed E-state index contributed by atoms with van der Waals surface area (Å²) in [6, 6.07) is -0.537. The Labute approximate surface area is 455 Å². The van der Waals surface area contributed by atoms with Gasteiger partial charge in [0, 0.05) is 12.8 Å². The fourth-order valence-corrected chi connectivity index (χ4v) is 10.1. The number of allylic oxidation sites excluding steroid dienone is 6. The molecule has 0 aromatic heterocycles. The maximum absolute atomic E-state index is 12.4. The maximum Gasteiger partial charge on any atom is 0.305 e. The van der Waals surface area contributed by atoms with Gasteiger partial charge in [0.05, 0.1) is 25.4 Å². The zero-order valence-electron chi connectivity index (χ0n) is 49.1. The number of carbonyl (C=O) groups is 2. The van der Waals surface area contributed by atoms with Gasteiger partial charge in [0.1, 0.15) is 0 Å². The highest BCUT2D eigenvalue weighted by atomic mass is 16.5. The van der Waals surface area contributed by atoms with E-state index in [1.165, 1.54) is 270 Å². The van der Waals surface area contributed by atoms with E-state index in [2.05, 4.69) is 55.6 Å². The van der Waals surface area contributed by atoms with E-state index in [4.69, 9.17) is 4.74 Å². The van der Waals surface area contributed by atoms with Crippen LogP contribution in [0.2, 0.25) is 0 Å². The molecule has 0 heterocycles. The highest BCUT2D eigenvalue weighted by Gasteiger charge is 2.20. The average Bonchev–Trinajstić information content (AvgIpc) is 3.39. The van der Waals surface area contributed by atoms with Gasteiger partial charge in [-0.15, -0.1) is 0 Å². The van der Waals surface area contributed by atoms with Crippen molar-refractivity contribution >= 4 is 11.9 Å². The molecule has 0 saturated heterocycles. The smallest absolute Gasteiger partial charge is 0.305 e. The lowest BCUT2D eigenvalue weighted by Crippen LogP contribution is -2.45. The van der Waals surface area contributed by atoms with Crippen molar-refractivity contribution in [1.29, 1.82) is 0 Å². The number of unbranched alkanes of at least 4 members (excludes halogenated alkanes) is 44. The average molecular weight is 1030 g/mol. The Morgan fingerprint density at radius 3 is 1.10 bits per heavy atom. The van der Waals surface area contributed by atoms with Crippen molar-refractivity contribution in [3.8, 4) is 0 Å². The van der Waals surface area contributed by atoms with Crippen molar-refractivity contribution in [1.82, 2.24) is 5.32 Å². The third kappa shape index (κ3) is 59.2. The van der Waals surface area contributed by atoms with Gasteiger partial charge in [-0.25, -0.2) is 0 Å². The number of aliphatic hydroxyl groups excluding tert-OH is 2. The molecule has 0 fully saturated rings. The van der Waals surface area contributed by atoms with Gasteiger partial charge in [-0.1, -0.05) is 301 Å². The predicted octanol–water partition coefficient (Wildman–Crippen LogP) is 20.8. The van der Waals surface area contributed by atoms with Gasteiger partial charge in [0.25, 0.3) is 0 Å². The molecule has 2 unspecified atom stereocenters. The summed E-state index contributed by atoms with van der Waals surface area (Å²) in [5.41, 5.74) is 0. The van der Waals surface area contributed by atoms with Crippen molar-refractivity contribution in [3.63, 3.8) is 0 Å². The van der Waals surface area contributed by atoms with Gasteiger partial charge < -0.3 is 20.3 Å². The van der Waals surface area contributed by atoms with E-state index in [-0.39, 0.29) is 18.5 Å². The van der Waals surface area contributed by atoms with Gasteiger partial charge in [-0.05, 0) is 77.0 Å². The van der Waals surface area contributed by atoms with Crippen LogP contribution in [0.4, 0.5) is 0 Å². The SMILES string of the molecule is CCCC/C=C\C/C=C\CCCCCCCC(=O)OCCCCCCCCCCCCCC/C=C\CCCCCCCCCCCCCCCCCCC(=O)NC(CO)C(O)CCCCCCCCCCCC. The van der Waals surface area contributed by atoms with E-state index in [1.54, 1.807) is 0 Å². The molecule has 3 N–H and O–H groups in total. The van der Waals surface area contributed by atoms with Gasteiger partial charge in [-0.2, -0.15) is 0 Å². The highest BCUT2D eigenvalue weighted by Crippen LogP contribution is 2.18. The van der Waals surface area contributed by atoms with Crippen LogP contribution in [0.3, 0.4) is 0 Å². The van der Waals surface area contributed by atoms with Crippen LogP contribution in [0, 0.1) is 0 Å². The molecule has 0 aliphatic rings. The van der Waals surface area contributed by atoms with E-state index < -0.39 is 12.1 Å². The van der Waals surface area contributed by atoms with Crippen LogP contribution in [0.1, 0.15) is 354 Å². The second kappa shape index (κ2) is 62.6. The van der Waals surface area contributed by atoms with Crippen molar-refractivity contribution < 1.29 is 24.5 Å². The molecule has 0 bridgehead atoms. The van der Waals surface area contributed by atoms with Gasteiger partial charge >= 0.3 is 5.97 Å². The van der Waals surface area contributed by atoms with Crippen LogP contribution >= 0.6 is 0 Å². The van der Waals surface area contributed by atoms with E-state index >= 15 is 0 Å². The number of amides is 1. The van der Waals surface area contributed by atoms with Crippen LogP contribution in [0.5, 0.6) is 0 Å². The number of hydrogen-bond acceptors (Lipinski definition) is 5. The van der Waals surface area contributed by atoms with Crippen LogP contribution < -0.4 is 5.32 Å². The van der Waals surface area contributed by atoms with E-state index in [0.29, 0.717) is 25.9 Å². The molecule has 6 heteroatoms. The Bertz CT molecular complexity index is 1180. The molecule has 0 aliphatic carbocycles. The van der Waals surface area contributed by atoms with Crippen LogP contribution in [-0.4, -0.2) is 47.4 Å². The molecule has 2 atom stereocenters. The Morgan fingerprint density at radius 2 is 0.699 bits per heavy atom. The summed E-state index contributed by atoms with van der Waals surface area (Å²) in [5, 5.41) is 23.2. The second-order valence-corrected chi connectivity index (χ2v) is 22.4. The minimum Gasteiger partial charge on any atom is -0.466 e. The topological polar surface area (TPSA) is 95.9 Å². The summed E-state index contributed by atoms with van der Waals surface area (Å²) in [4.78, 5) is 24.5. The van der Waals surface area contributed by atoms with Crippen LogP contribution in [0.25, 0.3) is 0 Å². The zero-order chi connectivity index (χ0) is 52.9. The third-order valence-electron chi connectivity index (χ3n) is 15.2. The number of esters is 1. The molecule has 0 rings (SSSR count). The number of carbonyl (C=O) groups excluding carboxylic acids is 2. The molecular weight excluding hydrogens is 899 g/mol. The molecule has 430 valence electrons. The minimum absolute atomic E-state index is 0.00348. The first-order valence-corrected chi connectivity index (χ1v) is 32.7. The summed E-state index contributed by atoms with van der Waals surface area (Å²) in [6.07, 6.45) is 79.0. The Hall–Kier alpha value is -1.92. The molecule has 0 aromatic rings. The number of nitrogens with one attached hydrogen (secondary N) is 1. The first kappa shape index (κ1) is 71.1. The van der Waals surface area contributed by atoms with Crippen LogP contribution in [0.15, 0.2) is 36.5 Å². The summed E-state index contributed by atoms with van der Waals surface area (Å²) in [7, 11) is 0. The lowest BCUT2D eigenvalue weighted by Gasteiger charge is -2.22. The Morgan fingerprint density at radius 1 is 0.384 bits per heavy atom. The Kier molecular flexibility index (Phi) is 61.0. The van der Waals surface area contributed by atoms with Crippen molar-refractivity contribution in [2.75, 3.05) is 13.2 Å². The molecule has 0 saturated carbocycles. The van der Waals surface area contributed by atoms with Crippen molar-refractivity contribution in [3.05, 3.63) is 36.5 Å². The maximum atomic E-state index is 12.4. The minimum atomic E-state index is -0.660. The fraction of sp³-hybridized carbons (Fsp3) is 0.881. The van der Waals surface area contributed by atoms with Crippen LogP contribution in [-0.2, 0) is 14.3 Å². The number of hydrogen-bond donors (Lipinski definition) is 3. The van der Waals surface area contributed by atoms with Gasteiger partial charge in [0.2, 0.25) is 5.91 Å². The normalized spacial score (nSPS) is 12.8. The predicted molar refractivity (Wildman–Crippen MR) is 319 cm³/mol. The zero-order valence-corrected chi connectivity index (χ0v) is 49.1. The lowest BCUT2D eigenvalue weighted by molar-refractivity contribution is -0.143. The molecular formula is C67H127NO5. The van der Waals surface area contributed by atoms with Gasteiger partial charge in [0.15, 0.2) is 0 Å². The Balaban J connectivity index is 3.33. The van der Waals surface area contributed by atoms with E-state index in [1.807, 2.05) is 0 Å². The molecule has 0 aromatic carbocycles. The second-order valence-electron chi connectivity index (χ2n) is 22.4. The van der Waals surface area contributed by atoms with Crippen molar-refractivity contribution in [2.24, 2.45) is 0 Å². The highest BCUT2D eigenvalue weighted by molar-refractivity contribution is 5.76. The van der Waals surface area contributed by atoms with E-state index in [9.17, 15) is 19.8 Å². The first-order valence-electron chi connectivity index (χ1n) is 32.7. The summed E-state index contributed by atoms with van der Waals surface area (Å²) < 4.78 is 5.48. The lowest BCUT2D eigenvalue weighted by atomic mass is 10.0. The van der Waals surface area contributed by atoms with Gasteiger partial charge in [-0.3, -0.25) is 9.59 Å². The molecule has 0 spiro atoms. The first-order chi connectivity index (χ1) is 36.0. The monoisotopic (exact) mass is 1030 g/mol. The third-order valence-corrected chi connectivity index (χ3v) is 15.2. The molecule has 0 aliphatic heterocycles. The van der Waals surface area contributed by atoms with E-state index in [0.717, 1.165) is 51.4 Å². The number of ether oxygens (including phenoxy) is 1. The summed E-state index contributed by atoms with van der Waals surface area (Å²) >= 11 is 0. The van der Waals surface area contributed by atoms with Crippen molar-refractivity contribution in [2.45, 2.75) is 366 Å². The molecule has 0 radical (unpaired) electrons. The molecule has 73 heavy (non-hydrogen) atoms. The molecule has 6 nitrogen and oxygen atoms in total. The number of aliphatic hydroxyl groups is 2. The standard InChI is InChI=1S/C67H127NO5/c1-3-5-7-9-11-13-15-16-38-41-45-49-53-57-61-67(72)73-62-58-54-50-46-42-39-36-34-32-30-28-26-24-22-20-18-17-19-21-23-25-27-29-31-33-35-37-40-44-48-52-56-60-66(71)68-64(63-69)65(70)59-55-51-47-43-14-12-10-8-6-4-2/h9,11,15-16,20,22,64-65,69-70H,3-8,10,12-14,17-19,21,23-63H2,1-2H3,(H,68,71)/b11-9-,16-15-,22-20-. The number of rotatable bonds is 61.